The number of rotatable bonds is 2. The maximum atomic E-state index is 10.9. The van der Waals surface area contributed by atoms with Crippen molar-refractivity contribution in [2.75, 3.05) is 13.2 Å². The van der Waals surface area contributed by atoms with E-state index in [1.165, 1.54) is 6.42 Å². The van der Waals surface area contributed by atoms with Crippen LogP contribution in [0.2, 0.25) is 0 Å². The van der Waals surface area contributed by atoms with Gasteiger partial charge in [-0.05, 0) is 38.0 Å². The lowest BCUT2D eigenvalue weighted by molar-refractivity contribution is -0.141. The van der Waals surface area contributed by atoms with Crippen molar-refractivity contribution in [3.05, 3.63) is 0 Å². The average molecular weight is 198 g/mol. The Hall–Kier alpha value is -0.570. The van der Waals surface area contributed by atoms with Crippen molar-refractivity contribution in [2.24, 2.45) is 5.92 Å². The molecule has 2 aliphatic heterocycles. The molecule has 0 radical (unpaired) electrons. The van der Waals surface area contributed by atoms with Crippen molar-refractivity contribution in [3.8, 4) is 0 Å². The molecule has 2 saturated heterocycles. The fourth-order valence-corrected chi connectivity index (χ4v) is 2.33. The predicted molar refractivity (Wildman–Crippen MR) is 51.9 cm³/mol. The molecule has 3 heteroatoms. The van der Waals surface area contributed by atoms with Crippen LogP contribution in [0.25, 0.3) is 0 Å². The summed E-state index contributed by atoms with van der Waals surface area (Å²) in [4.78, 5) is 10.9. The van der Waals surface area contributed by atoms with E-state index < -0.39 is 0 Å². The number of hydrogen-bond acceptors (Lipinski definition) is 3. The van der Waals surface area contributed by atoms with Crippen LogP contribution < -0.4 is 0 Å². The van der Waals surface area contributed by atoms with Gasteiger partial charge in [0.2, 0.25) is 0 Å². The molecule has 0 saturated carbocycles. The Labute approximate surface area is 84.8 Å². The zero-order valence-corrected chi connectivity index (χ0v) is 8.54. The topological polar surface area (TPSA) is 35.5 Å². The molecule has 0 aromatic rings. The third-order valence-corrected chi connectivity index (χ3v) is 3.14. The van der Waals surface area contributed by atoms with Crippen molar-refractivity contribution in [3.63, 3.8) is 0 Å². The first-order valence-corrected chi connectivity index (χ1v) is 5.62. The van der Waals surface area contributed by atoms with E-state index in [2.05, 4.69) is 0 Å². The zero-order valence-electron chi connectivity index (χ0n) is 8.54. The van der Waals surface area contributed by atoms with Gasteiger partial charge in [-0.3, -0.25) is 4.79 Å². The number of ether oxygens (including phenoxy) is 2. The quantitative estimate of drug-likeness (QED) is 0.636. The second-order valence-corrected chi connectivity index (χ2v) is 4.30. The second kappa shape index (κ2) is 4.78. The van der Waals surface area contributed by atoms with Crippen LogP contribution in [0.3, 0.4) is 0 Å². The number of carbonyl (C=O) groups excluding carboxylic acids is 1. The first kappa shape index (κ1) is 9.97. The van der Waals surface area contributed by atoms with Gasteiger partial charge in [-0.1, -0.05) is 0 Å². The summed E-state index contributed by atoms with van der Waals surface area (Å²) >= 11 is 0. The van der Waals surface area contributed by atoms with Gasteiger partial charge in [0.05, 0.1) is 0 Å². The van der Waals surface area contributed by atoms with Gasteiger partial charge in [-0.15, -0.1) is 0 Å². The standard InChI is InChI=1S/C11H18O3/c12-11-4-3-10(14-11)8-9-2-1-6-13-7-5-9/h9-10H,1-8H2. The van der Waals surface area contributed by atoms with Gasteiger partial charge in [0, 0.05) is 19.6 Å². The lowest BCUT2D eigenvalue weighted by Gasteiger charge is -2.17. The molecular weight excluding hydrogens is 180 g/mol. The Balaban J connectivity index is 1.75. The molecule has 2 rings (SSSR count). The van der Waals surface area contributed by atoms with Crippen molar-refractivity contribution >= 4 is 5.97 Å². The number of hydrogen-bond donors (Lipinski definition) is 0. The lowest BCUT2D eigenvalue weighted by atomic mass is 9.93. The first-order chi connectivity index (χ1) is 6.84. The van der Waals surface area contributed by atoms with Crippen LogP contribution in [0, 0.1) is 5.92 Å². The third-order valence-electron chi connectivity index (χ3n) is 3.14. The molecule has 2 heterocycles. The molecular formula is C11H18O3. The van der Waals surface area contributed by atoms with E-state index >= 15 is 0 Å². The predicted octanol–water partition coefficient (Wildman–Crippen LogP) is 1.90. The zero-order chi connectivity index (χ0) is 9.80. The number of cyclic esters (lactones) is 1. The van der Waals surface area contributed by atoms with E-state index in [0.29, 0.717) is 12.3 Å². The van der Waals surface area contributed by atoms with E-state index in [0.717, 1.165) is 38.9 Å². The summed E-state index contributed by atoms with van der Waals surface area (Å²) in [6, 6.07) is 0. The largest absolute Gasteiger partial charge is 0.462 e. The molecule has 80 valence electrons. The average Bonchev–Trinajstić information content (AvgIpc) is 2.43. The van der Waals surface area contributed by atoms with Crippen molar-refractivity contribution in [2.45, 2.75) is 44.6 Å². The molecule has 2 aliphatic rings. The number of esters is 1. The second-order valence-electron chi connectivity index (χ2n) is 4.30. The van der Waals surface area contributed by atoms with Gasteiger partial charge in [0.1, 0.15) is 6.10 Å². The van der Waals surface area contributed by atoms with E-state index in [9.17, 15) is 4.79 Å². The van der Waals surface area contributed by atoms with Gasteiger partial charge < -0.3 is 9.47 Å². The third kappa shape index (κ3) is 2.71. The molecule has 0 aromatic carbocycles. The fourth-order valence-electron chi connectivity index (χ4n) is 2.33. The van der Waals surface area contributed by atoms with Crippen molar-refractivity contribution < 1.29 is 14.3 Å². The molecule has 2 unspecified atom stereocenters. The lowest BCUT2D eigenvalue weighted by Crippen LogP contribution is -2.14. The van der Waals surface area contributed by atoms with E-state index in [1.807, 2.05) is 0 Å². The van der Waals surface area contributed by atoms with E-state index in [-0.39, 0.29) is 12.1 Å². The van der Waals surface area contributed by atoms with Gasteiger partial charge in [-0.2, -0.15) is 0 Å². The summed E-state index contributed by atoms with van der Waals surface area (Å²) in [6.45, 7) is 1.78. The molecule has 3 nitrogen and oxygen atoms in total. The van der Waals surface area contributed by atoms with Crippen LogP contribution in [0.15, 0.2) is 0 Å². The molecule has 14 heavy (non-hydrogen) atoms. The van der Waals surface area contributed by atoms with Crippen LogP contribution in [-0.2, 0) is 14.3 Å². The Morgan fingerprint density at radius 3 is 2.93 bits per heavy atom. The molecule has 0 N–H and O–H groups in total. The van der Waals surface area contributed by atoms with Crippen LogP contribution in [0.4, 0.5) is 0 Å². The molecule has 0 aromatic heterocycles. The van der Waals surface area contributed by atoms with Gasteiger partial charge in [0.25, 0.3) is 0 Å². The fraction of sp³-hybridized carbons (Fsp3) is 0.909. The van der Waals surface area contributed by atoms with Gasteiger partial charge in [0.15, 0.2) is 0 Å². The molecule has 2 atom stereocenters. The van der Waals surface area contributed by atoms with Crippen LogP contribution in [-0.4, -0.2) is 25.3 Å². The summed E-state index contributed by atoms with van der Waals surface area (Å²) < 4.78 is 10.6. The van der Waals surface area contributed by atoms with Gasteiger partial charge >= 0.3 is 5.97 Å². The maximum Gasteiger partial charge on any atom is 0.306 e. The normalized spacial score (nSPS) is 33.9. The monoisotopic (exact) mass is 198 g/mol. The van der Waals surface area contributed by atoms with E-state index in [4.69, 9.17) is 9.47 Å². The van der Waals surface area contributed by atoms with Crippen molar-refractivity contribution in [1.82, 2.24) is 0 Å². The van der Waals surface area contributed by atoms with Gasteiger partial charge in [-0.25, -0.2) is 0 Å². The van der Waals surface area contributed by atoms with Crippen LogP contribution >= 0.6 is 0 Å². The highest BCUT2D eigenvalue weighted by Crippen LogP contribution is 2.26. The first-order valence-electron chi connectivity index (χ1n) is 5.62. The summed E-state index contributed by atoms with van der Waals surface area (Å²) in [5, 5.41) is 0. The molecule has 0 spiro atoms. The molecule has 2 fully saturated rings. The number of carbonyl (C=O) groups is 1. The minimum Gasteiger partial charge on any atom is -0.462 e. The SMILES string of the molecule is O=C1CCC(CC2CCCOCC2)O1. The highest BCUT2D eigenvalue weighted by Gasteiger charge is 2.26. The molecule has 0 aliphatic carbocycles. The Kier molecular flexibility index (Phi) is 3.40. The summed E-state index contributed by atoms with van der Waals surface area (Å²) in [6.07, 6.45) is 6.32. The Morgan fingerprint density at radius 2 is 2.14 bits per heavy atom. The summed E-state index contributed by atoms with van der Waals surface area (Å²) in [5.74, 6) is 0.688. The Morgan fingerprint density at radius 1 is 1.21 bits per heavy atom. The summed E-state index contributed by atoms with van der Waals surface area (Å²) in [7, 11) is 0. The molecule has 0 amide bonds. The Bertz CT molecular complexity index is 195. The summed E-state index contributed by atoms with van der Waals surface area (Å²) in [5.41, 5.74) is 0. The highest BCUT2D eigenvalue weighted by molar-refractivity contribution is 5.71. The molecule has 0 bridgehead atoms. The highest BCUT2D eigenvalue weighted by atomic mass is 16.5. The minimum atomic E-state index is -0.0140. The van der Waals surface area contributed by atoms with Crippen LogP contribution in [0.5, 0.6) is 0 Å². The smallest absolute Gasteiger partial charge is 0.306 e. The van der Waals surface area contributed by atoms with E-state index in [1.54, 1.807) is 0 Å². The maximum absolute atomic E-state index is 10.9. The van der Waals surface area contributed by atoms with Crippen LogP contribution in [0.1, 0.15) is 38.5 Å². The van der Waals surface area contributed by atoms with Crippen molar-refractivity contribution in [1.29, 1.82) is 0 Å². The minimum absolute atomic E-state index is 0.0140.